The molecule has 1 aliphatic rings. The molecule has 1 N–H and O–H groups in total. The second-order valence-corrected chi connectivity index (χ2v) is 6.89. The number of amides is 1. The zero-order valence-corrected chi connectivity index (χ0v) is 16.2. The maximum atomic E-state index is 13.9. The van der Waals surface area contributed by atoms with E-state index in [0.29, 0.717) is 24.6 Å². The molecule has 0 unspecified atom stereocenters. The van der Waals surface area contributed by atoms with Crippen molar-refractivity contribution < 1.29 is 9.18 Å². The van der Waals surface area contributed by atoms with Gasteiger partial charge in [-0.2, -0.15) is 5.10 Å². The molecule has 1 saturated heterocycles. The van der Waals surface area contributed by atoms with Crippen molar-refractivity contribution in [2.24, 2.45) is 12.0 Å². The highest BCUT2D eigenvalue weighted by molar-refractivity contribution is 9.10. The number of guanidine groups is 1. The molecular formula is C17H20BrFN6O. The van der Waals surface area contributed by atoms with Gasteiger partial charge in [0.05, 0.1) is 11.9 Å². The fraction of sp³-hybridized carbons (Fsp3) is 0.353. The molecule has 26 heavy (non-hydrogen) atoms. The first kappa shape index (κ1) is 18.4. The summed E-state index contributed by atoms with van der Waals surface area (Å²) in [5, 5.41) is 7.24. The minimum Gasteiger partial charge on any atom is -0.352 e. The van der Waals surface area contributed by atoms with Gasteiger partial charge in [0.25, 0.3) is 0 Å². The Morgan fingerprint density at radius 1 is 1.42 bits per heavy atom. The van der Waals surface area contributed by atoms with Crippen LogP contribution in [0.5, 0.6) is 0 Å². The van der Waals surface area contributed by atoms with Gasteiger partial charge in [0.2, 0.25) is 5.91 Å². The molecule has 138 valence electrons. The number of benzene rings is 1. The van der Waals surface area contributed by atoms with E-state index >= 15 is 0 Å². The van der Waals surface area contributed by atoms with Crippen LogP contribution >= 0.6 is 15.9 Å². The van der Waals surface area contributed by atoms with E-state index < -0.39 is 0 Å². The van der Waals surface area contributed by atoms with E-state index in [9.17, 15) is 9.18 Å². The van der Waals surface area contributed by atoms with Crippen molar-refractivity contribution >= 4 is 33.5 Å². The Balaban J connectivity index is 1.63. The second-order valence-electron chi connectivity index (χ2n) is 5.98. The van der Waals surface area contributed by atoms with E-state index in [-0.39, 0.29) is 24.8 Å². The summed E-state index contributed by atoms with van der Waals surface area (Å²) >= 11 is 3.34. The number of carbonyl (C=O) groups is 1. The molecule has 2 aromatic rings. The van der Waals surface area contributed by atoms with E-state index in [2.05, 4.69) is 31.3 Å². The number of halogens is 2. The van der Waals surface area contributed by atoms with Crippen LogP contribution in [-0.4, -0.2) is 53.2 Å². The molecule has 1 aliphatic heterocycles. The van der Waals surface area contributed by atoms with Gasteiger partial charge in [-0.1, -0.05) is 15.9 Å². The minimum absolute atomic E-state index is 0.0270. The molecule has 7 nitrogen and oxygen atoms in total. The summed E-state index contributed by atoms with van der Waals surface area (Å²) in [5.41, 5.74) is 1.32. The second kappa shape index (κ2) is 7.86. The summed E-state index contributed by atoms with van der Waals surface area (Å²) in [7, 11) is 3.47. The molecule has 0 spiro atoms. The van der Waals surface area contributed by atoms with Crippen LogP contribution in [0.4, 0.5) is 10.1 Å². The Kier molecular flexibility index (Phi) is 5.55. The van der Waals surface area contributed by atoms with E-state index in [4.69, 9.17) is 0 Å². The van der Waals surface area contributed by atoms with E-state index in [1.165, 1.54) is 6.07 Å². The predicted molar refractivity (Wildman–Crippen MR) is 101 cm³/mol. The number of rotatable bonds is 3. The number of aromatic nitrogens is 2. The van der Waals surface area contributed by atoms with Crippen LogP contribution in [0.15, 0.2) is 40.1 Å². The molecule has 0 saturated carbocycles. The first-order chi connectivity index (χ1) is 12.5. The highest BCUT2D eigenvalue weighted by Crippen LogP contribution is 2.17. The number of hydrogen-bond donors (Lipinski definition) is 1. The number of nitrogens with one attached hydrogen (secondary N) is 1. The van der Waals surface area contributed by atoms with Gasteiger partial charge >= 0.3 is 0 Å². The SMILES string of the molecule is CN=C(NCc1cc(Br)ccc1F)N1CCN(c2cnn(C)c2)C(=O)C1. The number of anilines is 1. The maximum Gasteiger partial charge on any atom is 0.246 e. The van der Waals surface area contributed by atoms with Gasteiger partial charge in [0.1, 0.15) is 12.4 Å². The van der Waals surface area contributed by atoms with Gasteiger partial charge in [-0.25, -0.2) is 4.39 Å². The van der Waals surface area contributed by atoms with Crippen LogP contribution < -0.4 is 10.2 Å². The van der Waals surface area contributed by atoms with Crippen LogP contribution in [0.2, 0.25) is 0 Å². The van der Waals surface area contributed by atoms with Crippen molar-refractivity contribution in [2.75, 3.05) is 31.6 Å². The van der Waals surface area contributed by atoms with Crippen LogP contribution in [0.3, 0.4) is 0 Å². The molecule has 2 heterocycles. The number of aryl methyl sites for hydroxylation is 1. The summed E-state index contributed by atoms with van der Waals surface area (Å²) in [6, 6.07) is 4.80. The normalized spacial score (nSPS) is 15.5. The van der Waals surface area contributed by atoms with Gasteiger partial charge < -0.3 is 15.1 Å². The van der Waals surface area contributed by atoms with Crippen molar-refractivity contribution in [3.8, 4) is 0 Å². The Bertz CT molecular complexity index is 836. The molecule has 1 fully saturated rings. The Morgan fingerprint density at radius 2 is 2.23 bits per heavy atom. The summed E-state index contributed by atoms with van der Waals surface area (Å²) in [5.74, 6) is 0.262. The van der Waals surface area contributed by atoms with Crippen LogP contribution in [-0.2, 0) is 18.4 Å². The minimum atomic E-state index is -0.284. The average Bonchev–Trinajstić information content (AvgIpc) is 3.04. The van der Waals surface area contributed by atoms with Gasteiger partial charge in [-0.15, -0.1) is 0 Å². The smallest absolute Gasteiger partial charge is 0.246 e. The number of piperazine rings is 1. The monoisotopic (exact) mass is 422 g/mol. The topological polar surface area (TPSA) is 65.8 Å². The third-order valence-electron chi connectivity index (χ3n) is 4.18. The molecule has 0 radical (unpaired) electrons. The standard InChI is InChI=1S/C17H20BrFN6O/c1-20-17(21-8-12-7-13(18)3-4-15(12)19)24-5-6-25(16(26)11-24)14-9-22-23(2)10-14/h3-4,7,9-10H,5-6,8,11H2,1-2H3,(H,20,21). The lowest BCUT2D eigenvalue weighted by molar-refractivity contribution is -0.120. The summed E-state index contributed by atoms with van der Waals surface area (Å²) in [6.07, 6.45) is 3.49. The van der Waals surface area contributed by atoms with Crippen molar-refractivity contribution in [3.05, 3.63) is 46.4 Å². The number of hydrogen-bond acceptors (Lipinski definition) is 3. The molecule has 1 aromatic carbocycles. The highest BCUT2D eigenvalue weighted by Gasteiger charge is 2.27. The van der Waals surface area contributed by atoms with Crippen LogP contribution in [0, 0.1) is 5.82 Å². The molecule has 0 atom stereocenters. The van der Waals surface area contributed by atoms with Crippen molar-refractivity contribution in [2.45, 2.75) is 6.54 Å². The fourth-order valence-corrected chi connectivity index (χ4v) is 3.27. The first-order valence-corrected chi connectivity index (χ1v) is 8.96. The zero-order chi connectivity index (χ0) is 18.7. The third-order valence-corrected chi connectivity index (χ3v) is 4.67. The first-order valence-electron chi connectivity index (χ1n) is 8.16. The Hall–Kier alpha value is -2.42. The third kappa shape index (κ3) is 4.04. The highest BCUT2D eigenvalue weighted by atomic mass is 79.9. The lowest BCUT2D eigenvalue weighted by Gasteiger charge is -2.35. The van der Waals surface area contributed by atoms with Gasteiger partial charge in [-0.05, 0) is 18.2 Å². The van der Waals surface area contributed by atoms with Gasteiger partial charge in [-0.3, -0.25) is 14.5 Å². The summed E-state index contributed by atoms with van der Waals surface area (Å²) < 4.78 is 16.4. The molecular weight excluding hydrogens is 403 g/mol. The van der Waals surface area contributed by atoms with Gasteiger partial charge in [0, 0.05) is 50.0 Å². The quantitative estimate of drug-likeness (QED) is 0.604. The van der Waals surface area contributed by atoms with Gasteiger partial charge in [0.15, 0.2) is 5.96 Å². The molecule has 1 aromatic heterocycles. The molecule has 0 aliphatic carbocycles. The summed E-state index contributed by atoms with van der Waals surface area (Å²) in [6.45, 7) is 1.65. The Labute approximate surface area is 159 Å². The molecule has 9 heteroatoms. The van der Waals surface area contributed by atoms with E-state index in [1.54, 1.807) is 35.0 Å². The average molecular weight is 423 g/mol. The maximum absolute atomic E-state index is 13.9. The fourth-order valence-electron chi connectivity index (χ4n) is 2.86. The lowest BCUT2D eigenvalue weighted by atomic mass is 10.2. The molecule has 1 amide bonds. The van der Waals surface area contributed by atoms with Crippen molar-refractivity contribution in [3.63, 3.8) is 0 Å². The number of nitrogens with zero attached hydrogens (tertiary/aromatic N) is 5. The molecule has 3 rings (SSSR count). The van der Waals surface area contributed by atoms with Crippen LogP contribution in [0.1, 0.15) is 5.56 Å². The largest absolute Gasteiger partial charge is 0.352 e. The lowest BCUT2D eigenvalue weighted by Crippen LogP contribution is -2.55. The number of aliphatic imine (C=N–C) groups is 1. The van der Waals surface area contributed by atoms with E-state index in [0.717, 1.165) is 10.2 Å². The molecule has 0 bridgehead atoms. The van der Waals surface area contributed by atoms with Crippen molar-refractivity contribution in [1.82, 2.24) is 20.0 Å². The van der Waals surface area contributed by atoms with E-state index in [1.807, 2.05) is 18.1 Å². The zero-order valence-electron chi connectivity index (χ0n) is 14.6. The van der Waals surface area contributed by atoms with Crippen LogP contribution in [0.25, 0.3) is 0 Å². The Morgan fingerprint density at radius 3 is 2.88 bits per heavy atom. The summed E-state index contributed by atoms with van der Waals surface area (Å²) in [4.78, 5) is 20.3. The number of carbonyl (C=O) groups excluding carboxylic acids is 1. The van der Waals surface area contributed by atoms with Crippen molar-refractivity contribution in [1.29, 1.82) is 0 Å². The predicted octanol–water partition coefficient (Wildman–Crippen LogP) is 1.75.